The molecule has 7 nitrogen and oxygen atoms in total. The zero-order valence-corrected chi connectivity index (χ0v) is 14.8. The van der Waals surface area contributed by atoms with Crippen molar-refractivity contribution in [2.75, 3.05) is 0 Å². The van der Waals surface area contributed by atoms with Crippen LogP contribution in [-0.4, -0.2) is 19.2 Å². The van der Waals surface area contributed by atoms with Crippen molar-refractivity contribution in [2.24, 2.45) is 5.10 Å². The first-order valence-electron chi connectivity index (χ1n) is 6.47. The third kappa shape index (κ3) is 3.89. The van der Waals surface area contributed by atoms with E-state index in [1.54, 1.807) is 0 Å². The van der Waals surface area contributed by atoms with Crippen molar-refractivity contribution < 1.29 is 17.9 Å². The normalized spacial score (nSPS) is 12.2. The summed E-state index contributed by atoms with van der Waals surface area (Å²) in [5.41, 5.74) is -1.17. The summed E-state index contributed by atoms with van der Waals surface area (Å²) in [6.45, 7) is 2.82. The average Bonchev–Trinajstić information content (AvgIpc) is 2.46. The molecule has 0 aliphatic carbocycles. The molecule has 0 aliphatic rings. The van der Waals surface area contributed by atoms with Gasteiger partial charge in [0.1, 0.15) is 22.0 Å². The van der Waals surface area contributed by atoms with E-state index in [9.17, 15) is 18.3 Å². The lowest BCUT2D eigenvalue weighted by molar-refractivity contribution is 0.432. The number of nitrogens with zero attached hydrogens (tertiary/aromatic N) is 1. The second kappa shape index (κ2) is 6.84. The van der Waals surface area contributed by atoms with Crippen LogP contribution in [0.2, 0.25) is 10.0 Å². The number of aromatic hydroxyl groups is 1. The molecule has 0 amide bonds. The number of benzene rings is 1. The first-order valence-corrected chi connectivity index (χ1v) is 8.71. The minimum absolute atomic E-state index is 0.0440. The molecule has 2 N–H and O–H groups in total. The molecule has 0 spiro atoms. The van der Waals surface area contributed by atoms with Crippen LogP contribution in [0.4, 0.5) is 0 Å². The van der Waals surface area contributed by atoms with Crippen molar-refractivity contribution in [1.29, 1.82) is 0 Å². The largest absolute Gasteiger partial charge is 0.507 e. The Morgan fingerprint density at radius 2 is 1.96 bits per heavy atom. The van der Waals surface area contributed by atoms with Crippen LogP contribution in [0, 0.1) is 6.92 Å². The highest BCUT2D eigenvalue weighted by Gasteiger charge is 2.19. The summed E-state index contributed by atoms with van der Waals surface area (Å²) in [6.07, 6.45) is 0. The van der Waals surface area contributed by atoms with Crippen LogP contribution in [0.1, 0.15) is 18.2 Å². The van der Waals surface area contributed by atoms with E-state index in [1.165, 1.54) is 32.0 Å². The van der Waals surface area contributed by atoms with Crippen LogP contribution in [0.15, 0.2) is 43.5 Å². The van der Waals surface area contributed by atoms with Gasteiger partial charge in [0.05, 0.1) is 10.7 Å². The Morgan fingerprint density at radius 3 is 2.58 bits per heavy atom. The van der Waals surface area contributed by atoms with E-state index in [2.05, 4.69) is 5.10 Å². The standard InChI is InChI=1S/C14H12Cl2N2O5S/c1-7-5-11(19)13(14(20)23-7)8(2)17-18-24(21,22)12-6-9(15)3-4-10(12)16/h3-6,18-19H,1-2H3/b17-8+. The van der Waals surface area contributed by atoms with Crippen LogP contribution in [0.5, 0.6) is 5.75 Å². The van der Waals surface area contributed by atoms with Crippen molar-refractivity contribution >= 4 is 38.9 Å². The van der Waals surface area contributed by atoms with Gasteiger partial charge in [-0.1, -0.05) is 23.2 Å². The molecule has 1 aromatic carbocycles. The predicted octanol–water partition coefficient (Wildman–Crippen LogP) is 2.66. The summed E-state index contributed by atoms with van der Waals surface area (Å²) >= 11 is 11.6. The molecule has 0 saturated carbocycles. The van der Waals surface area contributed by atoms with Gasteiger partial charge in [-0.15, -0.1) is 0 Å². The van der Waals surface area contributed by atoms with Gasteiger partial charge in [-0.25, -0.2) is 4.79 Å². The number of halogens is 2. The molecule has 2 aromatic rings. The van der Waals surface area contributed by atoms with E-state index in [0.29, 0.717) is 0 Å². The number of sulfonamides is 1. The summed E-state index contributed by atoms with van der Waals surface area (Å²) < 4.78 is 29.3. The second-order valence-corrected chi connectivity index (χ2v) is 7.24. The molecule has 0 atom stereocenters. The van der Waals surface area contributed by atoms with Crippen molar-refractivity contribution in [2.45, 2.75) is 18.7 Å². The van der Waals surface area contributed by atoms with E-state index in [0.717, 1.165) is 6.07 Å². The molecule has 24 heavy (non-hydrogen) atoms. The van der Waals surface area contributed by atoms with Gasteiger partial charge in [0.25, 0.3) is 10.0 Å². The van der Waals surface area contributed by atoms with Gasteiger partial charge in [0.15, 0.2) is 0 Å². The number of hydrazone groups is 1. The van der Waals surface area contributed by atoms with Crippen LogP contribution in [-0.2, 0) is 10.0 Å². The van der Waals surface area contributed by atoms with E-state index in [4.69, 9.17) is 27.6 Å². The summed E-state index contributed by atoms with van der Waals surface area (Å²) in [5, 5.41) is 13.6. The van der Waals surface area contributed by atoms with Gasteiger partial charge < -0.3 is 9.52 Å². The van der Waals surface area contributed by atoms with Gasteiger partial charge in [0, 0.05) is 11.1 Å². The minimum Gasteiger partial charge on any atom is -0.507 e. The lowest BCUT2D eigenvalue weighted by Gasteiger charge is -2.08. The maximum absolute atomic E-state index is 12.2. The molecule has 10 heteroatoms. The fourth-order valence-corrected chi connectivity index (χ4v) is 3.47. The Morgan fingerprint density at radius 1 is 1.29 bits per heavy atom. The number of hydrogen-bond donors (Lipinski definition) is 2. The summed E-state index contributed by atoms with van der Waals surface area (Å²) in [4.78, 5) is 13.4. The molecule has 1 aromatic heterocycles. The molecule has 2 rings (SSSR count). The quantitative estimate of drug-likeness (QED) is 0.615. The zero-order valence-electron chi connectivity index (χ0n) is 12.5. The Kier molecular flexibility index (Phi) is 5.22. The average molecular weight is 391 g/mol. The maximum atomic E-state index is 12.2. The maximum Gasteiger partial charge on any atom is 0.348 e. The van der Waals surface area contributed by atoms with Crippen molar-refractivity contribution in [3.05, 3.63) is 56.1 Å². The van der Waals surface area contributed by atoms with Gasteiger partial charge in [-0.2, -0.15) is 18.4 Å². The van der Waals surface area contributed by atoms with Gasteiger partial charge in [-0.05, 0) is 32.0 Å². The summed E-state index contributed by atoms with van der Waals surface area (Å²) in [7, 11) is -4.12. The molecule has 0 unspecified atom stereocenters. The first kappa shape index (κ1) is 18.3. The highest BCUT2D eigenvalue weighted by atomic mass is 35.5. The van der Waals surface area contributed by atoms with E-state index >= 15 is 0 Å². The molecule has 0 radical (unpaired) electrons. The van der Waals surface area contributed by atoms with E-state index in [1.807, 2.05) is 4.83 Å². The number of rotatable bonds is 4. The molecular formula is C14H12Cl2N2O5S. The molecule has 0 bridgehead atoms. The fourth-order valence-electron chi connectivity index (χ4n) is 1.85. The van der Waals surface area contributed by atoms with E-state index < -0.39 is 15.6 Å². The molecule has 0 saturated heterocycles. The topological polar surface area (TPSA) is 109 Å². The molecule has 0 fully saturated rings. The molecular weight excluding hydrogens is 379 g/mol. The highest BCUT2D eigenvalue weighted by Crippen LogP contribution is 2.25. The molecule has 128 valence electrons. The van der Waals surface area contributed by atoms with Gasteiger partial charge >= 0.3 is 5.63 Å². The Balaban J connectivity index is 2.40. The van der Waals surface area contributed by atoms with Crippen molar-refractivity contribution in [3.8, 4) is 5.75 Å². The third-order valence-corrected chi connectivity index (χ3v) is 4.86. The van der Waals surface area contributed by atoms with Crippen LogP contribution >= 0.6 is 23.2 Å². The first-order chi connectivity index (χ1) is 11.1. The van der Waals surface area contributed by atoms with E-state index in [-0.39, 0.29) is 37.7 Å². The minimum atomic E-state index is -4.12. The lowest BCUT2D eigenvalue weighted by Crippen LogP contribution is -2.22. The van der Waals surface area contributed by atoms with Crippen LogP contribution < -0.4 is 10.5 Å². The van der Waals surface area contributed by atoms with Gasteiger partial charge in [-0.3, -0.25) is 0 Å². The van der Waals surface area contributed by atoms with Crippen molar-refractivity contribution in [1.82, 2.24) is 4.83 Å². The van der Waals surface area contributed by atoms with Gasteiger partial charge in [0.2, 0.25) is 0 Å². The fraction of sp³-hybridized carbons (Fsp3) is 0.143. The molecule has 0 aliphatic heterocycles. The third-order valence-electron chi connectivity index (χ3n) is 2.93. The number of hydrogen-bond acceptors (Lipinski definition) is 6. The Bertz CT molecular complexity index is 983. The highest BCUT2D eigenvalue weighted by molar-refractivity contribution is 7.89. The summed E-state index contributed by atoms with van der Waals surface area (Å²) in [6, 6.07) is 5.15. The Hall–Kier alpha value is -2.03. The monoisotopic (exact) mass is 390 g/mol. The summed E-state index contributed by atoms with van der Waals surface area (Å²) in [5.74, 6) is -0.162. The van der Waals surface area contributed by atoms with Crippen molar-refractivity contribution in [3.63, 3.8) is 0 Å². The van der Waals surface area contributed by atoms with Crippen LogP contribution in [0.3, 0.4) is 0 Å². The number of nitrogens with one attached hydrogen (secondary N) is 1. The molecule has 1 heterocycles. The lowest BCUT2D eigenvalue weighted by atomic mass is 10.2. The zero-order chi connectivity index (χ0) is 18.1. The van der Waals surface area contributed by atoms with Crippen LogP contribution in [0.25, 0.3) is 0 Å². The predicted molar refractivity (Wildman–Crippen MR) is 90.4 cm³/mol. The SMILES string of the molecule is C/C(=N\NS(=O)(=O)c1cc(Cl)ccc1Cl)c1c(O)cc(C)oc1=O. The Labute approximate surface area is 147 Å². The number of aryl methyl sites for hydroxylation is 1. The smallest absolute Gasteiger partial charge is 0.348 e. The second-order valence-electron chi connectivity index (χ2n) is 4.77.